The first kappa shape index (κ1) is 19.5. The van der Waals surface area contributed by atoms with Crippen LogP contribution in [-0.4, -0.2) is 45.1 Å². The molecule has 4 rings (SSSR count). The first-order chi connectivity index (χ1) is 14.0. The van der Waals surface area contributed by atoms with E-state index >= 15 is 0 Å². The van der Waals surface area contributed by atoms with E-state index in [0.29, 0.717) is 26.1 Å². The number of aliphatic hydroxyl groups excluding tert-OH is 1. The summed E-state index contributed by atoms with van der Waals surface area (Å²) in [5.74, 6) is -1.30. The van der Waals surface area contributed by atoms with Gasteiger partial charge in [0.25, 0.3) is 0 Å². The Morgan fingerprint density at radius 1 is 1.14 bits per heavy atom. The van der Waals surface area contributed by atoms with Gasteiger partial charge in [-0.2, -0.15) is 5.10 Å². The number of ether oxygens (including phenoxy) is 1. The SMILES string of the molecule is Cn1cc(CN2CC[C@@H](Oc3cc(F)cc(F)c3)[C@H](O)C2)c(-c2ccccc2)n1. The molecule has 1 fully saturated rings. The highest BCUT2D eigenvalue weighted by atomic mass is 19.1. The second-order valence-electron chi connectivity index (χ2n) is 7.40. The number of aryl methyl sites for hydroxylation is 1. The molecule has 1 aromatic heterocycles. The molecule has 1 N–H and O–H groups in total. The highest BCUT2D eigenvalue weighted by Crippen LogP contribution is 2.26. The molecule has 1 aliphatic rings. The van der Waals surface area contributed by atoms with Gasteiger partial charge in [-0.3, -0.25) is 9.58 Å². The van der Waals surface area contributed by atoms with Crippen LogP contribution in [0.15, 0.2) is 54.7 Å². The van der Waals surface area contributed by atoms with Crippen LogP contribution in [0.5, 0.6) is 5.75 Å². The first-order valence-electron chi connectivity index (χ1n) is 9.59. The molecule has 2 atom stereocenters. The van der Waals surface area contributed by atoms with Gasteiger partial charge >= 0.3 is 0 Å². The van der Waals surface area contributed by atoms with Crippen LogP contribution in [-0.2, 0) is 13.6 Å². The van der Waals surface area contributed by atoms with Gasteiger partial charge in [0.2, 0.25) is 0 Å². The van der Waals surface area contributed by atoms with Gasteiger partial charge in [0.05, 0.1) is 5.69 Å². The molecule has 0 bridgehead atoms. The number of nitrogens with zero attached hydrogens (tertiary/aromatic N) is 3. The minimum atomic E-state index is -0.757. The normalized spacial score (nSPS) is 20.0. The lowest BCUT2D eigenvalue weighted by Gasteiger charge is -2.35. The van der Waals surface area contributed by atoms with Crippen LogP contribution in [0.2, 0.25) is 0 Å². The van der Waals surface area contributed by atoms with Gasteiger partial charge in [0, 0.05) is 62.2 Å². The number of rotatable bonds is 5. The first-order valence-corrected chi connectivity index (χ1v) is 9.59. The van der Waals surface area contributed by atoms with Gasteiger partial charge in [0.15, 0.2) is 0 Å². The second-order valence-corrected chi connectivity index (χ2v) is 7.40. The zero-order chi connectivity index (χ0) is 20.4. The van der Waals surface area contributed by atoms with Crippen molar-refractivity contribution in [1.29, 1.82) is 0 Å². The van der Waals surface area contributed by atoms with E-state index in [1.165, 1.54) is 0 Å². The highest BCUT2D eigenvalue weighted by Gasteiger charge is 2.30. The van der Waals surface area contributed by atoms with Crippen molar-refractivity contribution in [1.82, 2.24) is 14.7 Å². The summed E-state index contributed by atoms with van der Waals surface area (Å²) in [5.41, 5.74) is 3.06. The van der Waals surface area contributed by atoms with E-state index in [-0.39, 0.29) is 5.75 Å². The monoisotopic (exact) mass is 399 g/mol. The maximum atomic E-state index is 13.4. The molecule has 2 heterocycles. The molecule has 29 heavy (non-hydrogen) atoms. The van der Waals surface area contributed by atoms with Crippen LogP contribution in [0.4, 0.5) is 8.78 Å². The van der Waals surface area contributed by atoms with E-state index in [0.717, 1.165) is 35.0 Å². The van der Waals surface area contributed by atoms with Crippen LogP contribution in [0, 0.1) is 11.6 Å². The highest BCUT2D eigenvalue weighted by molar-refractivity contribution is 5.62. The predicted octanol–water partition coefficient (Wildman–Crippen LogP) is 3.38. The third-order valence-corrected chi connectivity index (χ3v) is 5.07. The number of aliphatic hydroxyl groups is 1. The van der Waals surface area contributed by atoms with Crippen molar-refractivity contribution < 1.29 is 18.6 Å². The molecule has 0 amide bonds. The summed E-state index contributed by atoms with van der Waals surface area (Å²) in [6.45, 7) is 1.75. The number of β-amino-alcohol motifs (C(OH)–C–C–N with tert-alkyl or cyclic N) is 1. The van der Waals surface area contributed by atoms with Crippen molar-refractivity contribution >= 4 is 0 Å². The maximum absolute atomic E-state index is 13.4. The summed E-state index contributed by atoms with van der Waals surface area (Å²) in [5, 5.41) is 15.1. The number of hydrogen-bond acceptors (Lipinski definition) is 4. The summed E-state index contributed by atoms with van der Waals surface area (Å²) in [6.07, 6.45) is 1.29. The molecule has 1 aliphatic heterocycles. The third-order valence-electron chi connectivity index (χ3n) is 5.07. The van der Waals surface area contributed by atoms with Crippen molar-refractivity contribution in [2.75, 3.05) is 13.1 Å². The van der Waals surface area contributed by atoms with Gasteiger partial charge in [0.1, 0.15) is 29.6 Å². The average Bonchev–Trinajstić information content (AvgIpc) is 3.04. The number of piperidine rings is 1. The standard InChI is InChI=1S/C22H23F2N3O2/c1-26-12-16(22(25-26)15-5-3-2-4-6-15)13-27-8-7-21(20(28)14-27)29-19-10-17(23)9-18(24)11-19/h2-6,9-12,20-21,28H,7-8,13-14H2,1H3/t20-,21-/m1/s1. The summed E-state index contributed by atoms with van der Waals surface area (Å²) >= 11 is 0. The van der Waals surface area contributed by atoms with E-state index in [9.17, 15) is 13.9 Å². The number of halogens is 2. The Hall–Kier alpha value is -2.77. The van der Waals surface area contributed by atoms with Crippen molar-refractivity contribution in [2.45, 2.75) is 25.2 Å². The van der Waals surface area contributed by atoms with Crippen LogP contribution >= 0.6 is 0 Å². The lowest BCUT2D eigenvalue weighted by molar-refractivity contribution is -0.0276. The molecule has 5 nitrogen and oxygen atoms in total. The molecule has 3 aromatic rings. The van der Waals surface area contributed by atoms with Crippen molar-refractivity contribution in [3.63, 3.8) is 0 Å². The molecule has 0 unspecified atom stereocenters. The fourth-order valence-corrected chi connectivity index (χ4v) is 3.76. The van der Waals surface area contributed by atoms with Crippen LogP contribution in [0.25, 0.3) is 11.3 Å². The number of aromatic nitrogens is 2. The van der Waals surface area contributed by atoms with Gasteiger partial charge < -0.3 is 9.84 Å². The van der Waals surface area contributed by atoms with E-state index in [2.05, 4.69) is 10.00 Å². The minimum Gasteiger partial charge on any atom is -0.487 e. The molecule has 152 valence electrons. The van der Waals surface area contributed by atoms with Crippen LogP contribution < -0.4 is 4.74 Å². The molecule has 1 saturated heterocycles. The Morgan fingerprint density at radius 3 is 2.55 bits per heavy atom. The molecule has 0 radical (unpaired) electrons. The molecule has 0 saturated carbocycles. The Labute approximate surface area is 168 Å². The average molecular weight is 399 g/mol. The number of likely N-dealkylation sites (tertiary alicyclic amines) is 1. The third kappa shape index (κ3) is 4.63. The maximum Gasteiger partial charge on any atom is 0.129 e. The van der Waals surface area contributed by atoms with E-state index in [1.807, 2.05) is 43.6 Å². The number of benzene rings is 2. The second kappa shape index (κ2) is 8.31. The lowest BCUT2D eigenvalue weighted by Crippen LogP contribution is -2.48. The Balaban J connectivity index is 1.42. The van der Waals surface area contributed by atoms with Gasteiger partial charge in [-0.1, -0.05) is 30.3 Å². The Kier molecular flexibility index (Phi) is 5.60. The van der Waals surface area contributed by atoms with Crippen LogP contribution in [0.1, 0.15) is 12.0 Å². The van der Waals surface area contributed by atoms with Crippen molar-refractivity contribution in [3.05, 3.63) is 71.9 Å². The van der Waals surface area contributed by atoms with Crippen LogP contribution in [0.3, 0.4) is 0 Å². The quantitative estimate of drug-likeness (QED) is 0.715. The topological polar surface area (TPSA) is 50.5 Å². The molecule has 7 heteroatoms. The molecular formula is C22H23F2N3O2. The lowest BCUT2D eigenvalue weighted by atomic mass is 10.0. The zero-order valence-corrected chi connectivity index (χ0v) is 16.1. The fourth-order valence-electron chi connectivity index (χ4n) is 3.76. The van der Waals surface area contributed by atoms with Crippen molar-refractivity contribution in [3.8, 4) is 17.0 Å². The number of hydrogen-bond donors (Lipinski definition) is 1. The van der Waals surface area contributed by atoms with E-state index < -0.39 is 23.8 Å². The Bertz CT molecular complexity index is 957. The smallest absolute Gasteiger partial charge is 0.129 e. The molecule has 2 aromatic carbocycles. The Morgan fingerprint density at radius 2 is 1.86 bits per heavy atom. The van der Waals surface area contributed by atoms with E-state index in [4.69, 9.17) is 4.74 Å². The van der Waals surface area contributed by atoms with Gasteiger partial charge in [-0.05, 0) is 6.42 Å². The zero-order valence-electron chi connectivity index (χ0n) is 16.1. The minimum absolute atomic E-state index is 0.0959. The summed E-state index contributed by atoms with van der Waals surface area (Å²) in [7, 11) is 1.89. The summed E-state index contributed by atoms with van der Waals surface area (Å²) in [6, 6.07) is 13.0. The fraction of sp³-hybridized carbons (Fsp3) is 0.318. The van der Waals surface area contributed by atoms with Gasteiger partial charge in [-0.15, -0.1) is 0 Å². The van der Waals surface area contributed by atoms with E-state index in [1.54, 1.807) is 4.68 Å². The summed E-state index contributed by atoms with van der Waals surface area (Å²) < 4.78 is 34.2. The molecule has 0 spiro atoms. The molecular weight excluding hydrogens is 376 g/mol. The van der Waals surface area contributed by atoms with Crippen molar-refractivity contribution in [2.24, 2.45) is 7.05 Å². The molecule has 0 aliphatic carbocycles. The predicted molar refractivity (Wildman–Crippen MR) is 105 cm³/mol. The largest absolute Gasteiger partial charge is 0.487 e. The van der Waals surface area contributed by atoms with Gasteiger partial charge in [-0.25, -0.2) is 8.78 Å². The summed E-state index contributed by atoms with van der Waals surface area (Å²) in [4.78, 5) is 2.14.